The van der Waals surface area contributed by atoms with Gasteiger partial charge in [-0.05, 0) is 92.2 Å². The largest absolute Gasteiger partial charge is 1.00 e. The molecular formula is C34H38Cl2F2N2Na2O10S2. The molecule has 4 aromatic carbocycles. The van der Waals surface area contributed by atoms with Gasteiger partial charge in [0.15, 0.2) is 5.78 Å². The number of rotatable bonds is 11. The van der Waals surface area contributed by atoms with Gasteiger partial charge in [-0.1, -0.05) is 42.8 Å². The maximum atomic E-state index is 13.5. The van der Waals surface area contributed by atoms with E-state index in [4.69, 9.17) is 34.0 Å². The second-order valence-corrected chi connectivity index (χ2v) is 13.8. The summed E-state index contributed by atoms with van der Waals surface area (Å²) in [6.45, 7) is 0.289. The van der Waals surface area contributed by atoms with Crippen molar-refractivity contribution in [1.82, 2.24) is 0 Å². The Morgan fingerprint density at radius 2 is 1.09 bits per heavy atom. The van der Waals surface area contributed by atoms with Crippen LogP contribution in [-0.4, -0.2) is 84.5 Å². The Hall–Kier alpha value is -2.00. The summed E-state index contributed by atoms with van der Waals surface area (Å²) in [4.78, 5) is 16.2. The van der Waals surface area contributed by atoms with Gasteiger partial charge in [-0.15, -0.1) is 0 Å². The first-order valence-electron chi connectivity index (χ1n) is 14.5. The molecule has 0 heterocycles. The number of ketones is 1. The molecule has 0 radical (unpaired) electrons. The van der Waals surface area contributed by atoms with Crippen LogP contribution in [0, 0.1) is 11.6 Å². The zero-order valence-corrected chi connectivity index (χ0v) is 36.0. The molecule has 12 nitrogen and oxygen atoms in total. The van der Waals surface area contributed by atoms with E-state index < -0.39 is 43.4 Å². The second kappa shape index (κ2) is 28.4. The van der Waals surface area contributed by atoms with Crippen molar-refractivity contribution in [2.75, 3.05) is 31.7 Å². The number of benzene rings is 4. The van der Waals surface area contributed by atoms with E-state index in [0.29, 0.717) is 21.2 Å². The average molecular weight is 854 g/mol. The van der Waals surface area contributed by atoms with Gasteiger partial charge < -0.3 is 30.2 Å². The van der Waals surface area contributed by atoms with Gasteiger partial charge in [0.1, 0.15) is 23.1 Å². The molecule has 0 aliphatic carbocycles. The summed E-state index contributed by atoms with van der Waals surface area (Å²) < 4.78 is 87.8. The van der Waals surface area contributed by atoms with E-state index >= 15 is 0 Å². The van der Waals surface area contributed by atoms with Gasteiger partial charge in [0.25, 0.3) is 0 Å². The van der Waals surface area contributed by atoms with Crippen LogP contribution < -0.4 is 64.8 Å². The number of aromatic hydroxyl groups is 2. The van der Waals surface area contributed by atoms with Gasteiger partial charge in [0, 0.05) is 51.9 Å². The molecule has 5 N–H and O–H groups in total. The van der Waals surface area contributed by atoms with Crippen molar-refractivity contribution in [3.63, 3.8) is 0 Å². The zero-order valence-electron chi connectivity index (χ0n) is 28.9. The first-order valence-corrected chi connectivity index (χ1v) is 18.4. The van der Waals surface area contributed by atoms with E-state index in [-0.39, 0.29) is 127 Å². The molecule has 0 aromatic heterocycles. The van der Waals surface area contributed by atoms with Crippen molar-refractivity contribution in [2.45, 2.75) is 20.3 Å². The Balaban J connectivity index is -0.000000761. The second-order valence-electron chi connectivity index (χ2n) is 9.92. The number of aliphatic hydroxyl groups excluding tert-OH is 1. The fourth-order valence-corrected chi connectivity index (χ4v) is 5.03. The number of carbonyl (C=O) groups excluding carboxylic acids is 1. The first-order chi connectivity index (χ1) is 23.9. The number of carbonyl (C=O) groups is 1. The standard InChI is InChI=1S/C16H15ClFNO4S.C13H8ClFO2.C3H9NO3S.CH4O.CH4.2Na/c17-12-4-2-11(3-5-12)16(19-8-1-9-24(21,22)23)14-10-13(18)6-7-15(14)20;14-9-3-1-8(2-4-9)13(17)11-7-10(15)5-6-12(11)16;4-2-1-3-8(5,6)7;1-2;;;/h2-7,10,20H,1,8-9H2,(H,21,22,23);1-7,16H;1-4H2,(H,5,6,7);2H,1H3;1H4;;/q;;;;;2*+1/p-2. The fraction of sp³-hybridized carbons (Fsp3) is 0.235. The van der Waals surface area contributed by atoms with Crippen molar-refractivity contribution in [2.24, 2.45) is 10.7 Å². The number of hydrogen-bond acceptors (Lipinski definition) is 12. The van der Waals surface area contributed by atoms with Crippen molar-refractivity contribution in [1.29, 1.82) is 0 Å². The van der Waals surface area contributed by atoms with E-state index in [0.717, 1.165) is 37.4 Å². The average Bonchev–Trinajstić information content (AvgIpc) is 3.07. The molecular weight excluding hydrogens is 815 g/mol. The van der Waals surface area contributed by atoms with Crippen molar-refractivity contribution in [3.05, 3.63) is 129 Å². The molecule has 0 amide bonds. The summed E-state index contributed by atoms with van der Waals surface area (Å²) in [6.07, 6.45) is 0.283. The molecule has 0 bridgehead atoms. The van der Waals surface area contributed by atoms with E-state index in [2.05, 4.69) is 4.99 Å². The predicted molar refractivity (Wildman–Crippen MR) is 195 cm³/mol. The molecule has 0 saturated carbocycles. The third kappa shape index (κ3) is 22.5. The SMILES string of the molecule is C.CO.NCCCS(=O)(=O)[O-].O=C(c1ccc(Cl)cc1)c1cc(F)ccc1O.O=S(=O)([O-])CCCN=C(c1ccc(Cl)cc1)c1cc(F)ccc1O.[Na+].[Na+]. The maximum absolute atomic E-state index is 13.5. The first kappa shape index (κ1) is 56.3. The number of aliphatic imine (C=N–C) groups is 1. The number of hydrogen-bond donors (Lipinski definition) is 4. The smallest absolute Gasteiger partial charge is 0.748 e. The number of phenols is 2. The van der Waals surface area contributed by atoms with Crippen LogP contribution in [0.1, 0.15) is 47.3 Å². The molecule has 54 heavy (non-hydrogen) atoms. The number of halogens is 4. The predicted octanol–water partition coefficient (Wildman–Crippen LogP) is -0.494. The van der Waals surface area contributed by atoms with Gasteiger partial charge in [-0.3, -0.25) is 9.79 Å². The van der Waals surface area contributed by atoms with E-state index in [1.54, 1.807) is 36.4 Å². The van der Waals surface area contributed by atoms with Crippen LogP contribution in [0.3, 0.4) is 0 Å². The molecule has 0 unspecified atom stereocenters. The summed E-state index contributed by atoms with van der Waals surface area (Å²) in [5.74, 6) is -2.86. The maximum Gasteiger partial charge on any atom is 1.00 e. The number of nitrogens with zero attached hydrogens (tertiary/aromatic N) is 1. The molecule has 4 aromatic rings. The van der Waals surface area contributed by atoms with Crippen molar-refractivity contribution >= 4 is 54.9 Å². The van der Waals surface area contributed by atoms with E-state index in [1.807, 2.05) is 0 Å². The minimum absolute atomic E-state index is 0. The molecule has 0 aliphatic rings. The minimum atomic E-state index is -4.32. The quantitative estimate of drug-likeness (QED) is 0.0495. The molecule has 0 aliphatic heterocycles. The van der Waals surface area contributed by atoms with Crippen LogP contribution in [0.2, 0.25) is 10.0 Å². The van der Waals surface area contributed by atoms with Crippen LogP contribution in [0.5, 0.6) is 11.5 Å². The van der Waals surface area contributed by atoms with Crippen LogP contribution >= 0.6 is 23.2 Å². The summed E-state index contributed by atoms with van der Waals surface area (Å²) in [5.41, 5.74) is 6.24. The van der Waals surface area contributed by atoms with Crippen LogP contribution in [0.4, 0.5) is 8.78 Å². The summed E-state index contributed by atoms with van der Waals surface area (Å²) >= 11 is 11.5. The Kier molecular flexibility index (Phi) is 29.6. The Morgan fingerprint density at radius 1 is 0.704 bits per heavy atom. The van der Waals surface area contributed by atoms with E-state index in [1.165, 1.54) is 18.2 Å². The Bertz CT molecular complexity index is 1980. The fourth-order valence-electron chi connectivity index (χ4n) is 3.78. The summed E-state index contributed by atoms with van der Waals surface area (Å²) in [7, 11) is -7.33. The molecule has 286 valence electrons. The van der Waals surface area contributed by atoms with Gasteiger partial charge in [0.05, 0.1) is 31.5 Å². The number of aliphatic hydroxyl groups is 1. The number of nitrogens with two attached hydrogens (primary N) is 1. The molecule has 0 fully saturated rings. The van der Waals surface area contributed by atoms with Crippen molar-refractivity contribution in [3.8, 4) is 11.5 Å². The third-order valence-corrected chi connectivity index (χ3v) is 8.14. The van der Waals surface area contributed by atoms with Crippen LogP contribution in [-0.2, 0) is 20.2 Å². The number of phenolic OH excluding ortho intramolecular Hbond substituents is 2. The van der Waals surface area contributed by atoms with Crippen molar-refractivity contribution < 1.29 is 114 Å². The topological polar surface area (TPSA) is 231 Å². The Morgan fingerprint density at radius 3 is 1.50 bits per heavy atom. The zero-order chi connectivity index (χ0) is 38.8. The van der Waals surface area contributed by atoms with Gasteiger partial charge in [-0.25, -0.2) is 25.6 Å². The minimum Gasteiger partial charge on any atom is -0.748 e. The normalized spacial score (nSPS) is 10.6. The molecule has 0 atom stereocenters. The summed E-state index contributed by atoms with van der Waals surface area (Å²) in [5, 5.41) is 27.5. The van der Waals surface area contributed by atoms with Crippen LogP contribution in [0.25, 0.3) is 0 Å². The molecule has 20 heteroatoms. The summed E-state index contributed by atoms with van der Waals surface area (Å²) in [6, 6.07) is 19.4. The van der Waals surface area contributed by atoms with Gasteiger partial charge >= 0.3 is 59.1 Å². The molecule has 0 spiro atoms. The van der Waals surface area contributed by atoms with Gasteiger partial charge in [0.2, 0.25) is 0 Å². The Labute approximate surface area is 368 Å². The monoisotopic (exact) mass is 852 g/mol. The van der Waals surface area contributed by atoms with E-state index in [9.17, 15) is 49.7 Å². The van der Waals surface area contributed by atoms with Crippen LogP contribution in [0.15, 0.2) is 89.9 Å². The molecule has 0 saturated heterocycles. The van der Waals surface area contributed by atoms with Gasteiger partial charge in [-0.2, -0.15) is 0 Å². The molecule has 4 rings (SSSR count). The third-order valence-electron chi connectivity index (χ3n) is 6.06.